The third kappa shape index (κ3) is 8.09. The zero-order valence-electron chi connectivity index (χ0n) is 22.6. The molecule has 2 aromatic carbocycles. The Morgan fingerprint density at radius 2 is 1.88 bits per heavy atom. The van der Waals surface area contributed by atoms with E-state index in [-0.39, 0.29) is 38.3 Å². The average molecular weight is 579 g/mol. The normalized spacial score (nSPS) is 17.4. The lowest BCUT2D eigenvalue weighted by Crippen LogP contribution is -2.50. The van der Waals surface area contributed by atoms with E-state index in [9.17, 15) is 22.4 Å². The minimum atomic E-state index is -3.69. The Balaban J connectivity index is 1.38. The Morgan fingerprint density at radius 1 is 1.15 bits per heavy atom. The molecule has 4 rings (SSSR count). The molecule has 2 heterocycles. The molecule has 0 radical (unpaired) electrons. The third-order valence-corrected chi connectivity index (χ3v) is 8.10. The molecule has 1 aliphatic heterocycles. The first kappa shape index (κ1) is 29.6. The largest absolute Gasteiger partial charge is 0.354 e. The standard InChI is InChI=1S/C29H31FN6O4S/c1-41(39,40)36-16-2-3-23(28(37)34-25-11-9-24(30)10-12-25)8-13-27(36)29(38)33-15-14-26-18-32-20-35(26)19-22-6-4-21(17-31)5-7-22/h3-7,9-12,18,20,27H,2,8,13-16,19H2,1H3,(H,33,38)(H,34,37)/b23-3-. The molecule has 0 spiro atoms. The van der Waals surface area contributed by atoms with Crippen LogP contribution in [0.15, 0.2) is 72.7 Å². The minimum Gasteiger partial charge on any atom is -0.354 e. The number of amides is 2. The molecule has 1 atom stereocenters. The number of sulfonamides is 1. The van der Waals surface area contributed by atoms with Crippen LogP contribution in [0.5, 0.6) is 0 Å². The fourth-order valence-corrected chi connectivity index (χ4v) is 5.78. The van der Waals surface area contributed by atoms with Crippen LogP contribution in [0.3, 0.4) is 0 Å². The second-order valence-corrected chi connectivity index (χ2v) is 11.7. The van der Waals surface area contributed by atoms with Crippen LogP contribution in [-0.2, 0) is 32.6 Å². The van der Waals surface area contributed by atoms with Crippen LogP contribution >= 0.6 is 0 Å². The van der Waals surface area contributed by atoms with E-state index in [2.05, 4.69) is 21.7 Å². The van der Waals surface area contributed by atoms with Crippen LogP contribution in [0.1, 0.15) is 36.1 Å². The maximum absolute atomic E-state index is 13.3. The van der Waals surface area contributed by atoms with E-state index in [0.717, 1.165) is 17.5 Å². The van der Waals surface area contributed by atoms with Crippen molar-refractivity contribution >= 4 is 27.5 Å². The second kappa shape index (κ2) is 13.3. The molecule has 0 aliphatic carbocycles. The van der Waals surface area contributed by atoms with Gasteiger partial charge >= 0.3 is 0 Å². The van der Waals surface area contributed by atoms with Gasteiger partial charge in [0, 0.05) is 49.2 Å². The number of carbonyl (C=O) groups excluding carboxylic acids is 2. The van der Waals surface area contributed by atoms with Crippen molar-refractivity contribution < 1.29 is 22.4 Å². The summed E-state index contributed by atoms with van der Waals surface area (Å²) >= 11 is 0. The summed E-state index contributed by atoms with van der Waals surface area (Å²) in [5.41, 5.74) is 3.33. The predicted octanol–water partition coefficient (Wildman–Crippen LogP) is 2.98. The van der Waals surface area contributed by atoms with Crippen molar-refractivity contribution in [1.29, 1.82) is 5.26 Å². The van der Waals surface area contributed by atoms with E-state index in [1.807, 2.05) is 16.7 Å². The van der Waals surface area contributed by atoms with Gasteiger partial charge in [-0.1, -0.05) is 18.2 Å². The third-order valence-electron chi connectivity index (χ3n) is 6.81. The molecule has 214 valence electrons. The Hall–Kier alpha value is -4.34. The molecule has 0 fully saturated rings. The number of rotatable bonds is 9. The molecule has 3 aromatic rings. The number of aromatic nitrogens is 2. The number of imidazole rings is 1. The maximum atomic E-state index is 13.3. The summed E-state index contributed by atoms with van der Waals surface area (Å²) in [5, 5.41) is 14.6. The van der Waals surface area contributed by atoms with Crippen LogP contribution in [0, 0.1) is 17.1 Å². The van der Waals surface area contributed by atoms with E-state index in [1.54, 1.807) is 30.7 Å². The minimum absolute atomic E-state index is 0.0572. The molecule has 1 aliphatic rings. The molecule has 2 amide bonds. The summed E-state index contributed by atoms with van der Waals surface area (Å²) in [6.45, 7) is 0.871. The molecular formula is C29H31FN6O4S. The van der Waals surface area contributed by atoms with Gasteiger partial charge in [-0.25, -0.2) is 17.8 Å². The molecule has 0 bridgehead atoms. The van der Waals surface area contributed by atoms with Crippen LogP contribution in [0.25, 0.3) is 0 Å². The topological polar surface area (TPSA) is 137 Å². The first-order chi connectivity index (χ1) is 19.6. The smallest absolute Gasteiger partial charge is 0.251 e. The maximum Gasteiger partial charge on any atom is 0.251 e. The highest BCUT2D eigenvalue weighted by molar-refractivity contribution is 7.88. The second-order valence-electron chi connectivity index (χ2n) is 9.77. The lowest BCUT2D eigenvalue weighted by Gasteiger charge is -2.30. The van der Waals surface area contributed by atoms with E-state index in [0.29, 0.717) is 29.8 Å². The van der Waals surface area contributed by atoms with E-state index in [1.165, 1.54) is 28.6 Å². The molecule has 1 unspecified atom stereocenters. The highest BCUT2D eigenvalue weighted by Gasteiger charge is 2.33. The summed E-state index contributed by atoms with van der Waals surface area (Å²) in [7, 11) is -3.69. The lowest BCUT2D eigenvalue weighted by molar-refractivity contribution is -0.125. The van der Waals surface area contributed by atoms with Gasteiger partial charge in [0.15, 0.2) is 0 Å². The first-order valence-corrected chi connectivity index (χ1v) is 15.0. The number of carbonyl (C=O) groups is 2. The highest BCUT2D eigenvalue weighted by Crippen LogP contribution is 2.22. The number of hydrogen-bond acceptors (Lipinski definition) is 6. The number of benzene rings is 2. The fourth-order valence-electron chi connectivity index (χ4n) is 4.68. The van der Waals surface area contributed by atoms with Gasteiger partial charge in [0.25, 0.3) is 5.91 Å². The van der Waals surface area contributed by atoms with Crippen molar-refractivity contribution in [2.45, 2.75) is 38.3 Å². The molecule has 12 heteroatoms. The SMILES string of the molecule is CS(=O)(=O)N1CC/C=C(\C(=O)Nc2ccc(F)cc2)CCC1C(=O)NCCc1cncn1Cc1ccc(C#N)cc1. The Bertz CT molecular complexity index is 1560. The number of nitriles is 1. The average Bonchev–Trinajstić information content (AvgIpc) is 3.36. The number of hydrogen-bond donors (Lipinski definition) is 2. The van der Waals surface area contributed by atoms with Gasteiger partial charge in [0.2, 0.25) is 15.9 Å². The van der Waals surface area contributed by atoms with Crippen molar-refractivity contribution in [3.63, 3.8) is 0 Å². The van der Waals surface area contributed by atoms with Gasteiger partial charge in [-0.05, 0) is 61.2 Å². The number of halogens is 1. The molecule has 0 saturated carbocycles. The van der Waals surface area contributed by atoms with Crippen LogP contribution in [-0.4, -0.2) is 59.5 Å². The van der Waals surface area contributed by atoms with Crippen LogP contribution in [0.2, 0.25) is 0 Å². The van der Waals surface area contributed by atoms with Gasteiger partial charge < -0.3 is 15.2 Å². The Morgan fingerprint density at radius 3 is 2.56 bits per heavy atom. The molecule has 0 saturated heterocycles. The molecule has 10 nitrogen and oxygen atoms in total. The van der Waals surface area contributed by atoms with E-state index in [4.69, 9.17) is 5.26 Å². The lowest BCUT2D eigenvalue weighted by atomic mass is 10.0. The van der Waals surface area contributed by atoms with Gasteiger partial charge in [-0.3, -0.25) is 9.59 Å². The number of anilines is 1. The van der Waals surface area contributed by atoms with Crippen molar-refractivity contribution in [3.05, 3.63) is 95.3 Å². The monoisotopic (exact) mass is 578 g/mol. The summed E-state index contributed by atoms with van der Waals surface area (Å²) in [6.07, 6.45) is 7.21. The van der Waals surface area contributed by atoms with E-state index < -0.39 is 27.8 Å². The zero-order chi connectivity index (χ0) is 29.4. The Kier molecular flexibility index (Phi) is 9.65. The number of nitrogens with zero attached hydrogens (tertiary/aromatic N) is 4. The number of nitrogens with one attached hydrogen (secondary N) is 2. The van der Waals surface area contributed by atoms with Crippen molar-refractivity contribution in [2.75, 3.05) is 24.7 Å². The summed E-state index contributed by atoms with van der Waals surface area (Å²) in [6, 6.07) is 13.8. The predicted molar refractivity (Wildman–Crippen MR) is 152 cm³/mol. The van der Waals surface area contributed by atoms with Gasteiger partial charge in [0.1, 0.15) is 11.9 Å². The fraction of sp³-hybridized carbons (Fsp3) is 0.310. The summed E-state index contributed by atoms with van der Waals surface area (Å²) < 4.78 is 41.4. The van der Waals surface area contributed by atoms with Crippen molar-refractivity contribution in [2.24, 2.45) is 0 Å². The van der Waals surface area contributed by atoms with E-state index >= 15 is 0 Å². The van der Waals surface area contributed by atoms with Crippen LogP contribution in [0.4, 0.5) is 10.1 Å². The van der Waals surface area contributed by atoms with Gasteiger partial charge in [-0.2, -0.15) is 9.57 Å². The highest BCUT2D eigenvalue weighted by atomic mass is 32.2. The molecule has 41 heavy (non-hydrogen) atoms. The van der Waals surface area contributed by atoms with Crippen LogP contribution < -0.4 is 10.6 Å². The molecular weight excluding hydrogens is 547 g/mol. The molecule has 1 aromatic heterocycles. The summed E-state index contributed by atoms with van der Waals surface area (Å²) in [4.78, 5) is 30.3. The first-order valence-electron chi connectivity index (χ1n) is 13.1. The summed E-state index contributed by atoms with van der Waals surface area (Å²) in [5.74, 6) is -1.23. The zero-order valence-corrected chi connectivity index (χ0v) is 23.4. The molecule has 2 N–H and O–H groups in total. The van der Waals surface area contributed by atoms with Crippen molar-refractivity contribution in [3.8, 4) is 6.07 Å². The van der Waals surface area contributed by atoms with Crippen molar-refractivity contribution in [1.82, 2.24) is 19.2 Å². The van der Waals surface area contributed by atoms with Gasteiger partial charge in [-0.15, -0.1) is 0 Å². The van der Waals surface area contributed by atoms with Gasteiger partial charge in [0.05, 0.1) is 24.2 Å². The Labute approximate surface area is 238 Å². The quantitative estimate of drug-likeness (QED) is 0.401.